The zero-order valence-corrected chi connectivity index (χ0v) is 19.6. The minimum atomic E-state index is -0.302. The number of aromatic nitrogens is 3. The quantitative estimate of drug-likeness (QED) is 0.531. The van der Waals surface area contributed by atoms with Gasteiger partial charge in [-0.25, -0.2) is 9.37 Å². The number of nitrogens with zero attached hydrogens (tertiary/aromatic N) is 4. The summed E-state index contributed by atoms with van der Waals surface area (Å²) in [6.45, 7) is 7.78. The van der Waals surface area contributed by atoms with Gasteiger partial charge in [-0.3, -0.25) is 9.36 Å². The molecular weight excluding hydrogens is 419 g/mol. The molecule has 5 rings (SSSR count). The smallest absolute Gasteiger partial charge is 0.256 e. The van der Waals surface area contributed by atoms with Gasteiger partial charge in [-0.1, -0.05) is 18.5 Å². The number of rotatable bonds is 6. The molecule has 0 spiro atoms. The fourth-order valence-corrected chi connectivity index (χ4v) is 5.71. The van der Waals surface area contributed by atoms with Crippen LogP contribution in [0.2, 0.25) is 0 Å². The van der Waals surface area contributed by atoms with Crippen LogP contribution < -0.4 is 5.56 Å². The summed E-state index contributed by atoms with van der Waals surface area (Å²) in [5, 5.41) is 5.17. The van der Waals surface area contributed by atoms with Crippen molar-refractivity contribution in [2.24, 2.45) is 0 Å². The predicted molar refractivity (Wildman–Crippen MR) is 126 cm³/mol. The largest absolute Gasteiger partial charge is 0.356 e. The third-order valence-electron chi connectivity index (χ3n) is 7.55. The topological polar surface area (TPSA) is 64.2 Å². The van der Waals surface area contributed by atoms with E-state index in [9.17, 15) is 9.18 Å². The maximum atomic E-state index is 13.4. The van der Waals surface area contributed by atoms with Gasteiger partial charge in [0.1, 0.15) is 11.6 Å². The number of piperidine rings is 1. The molecule has 33 heavy (non-hydrogen) atoms. The Kier molecular flexibility index (Phi) is 6.32. The lowest BCUT2D eigenvalue weighted by Crippen LogP contribution is -2.37. The zero-order chi connectivity index (χ0) is 22.9. The van der Waals surface area contributed by atoms with Crippen molar-refractivity contribution in [3.63, 3.8) is 0 Å². The molecule has 1 unspecified atom stereocenters. The van der Waals surface area contributed by atoms with E-state index in [0.29, 0.717) is 17.4 Å². The Hall–Kier alpha value is -2.54. The Morgan fingerprint density at radius 2 is 2.00 bits per heavy atom. The molecule has 6 nitrogen and oxygen atoms in total. The summed E-state index contributed by atoms with van der Waals surface area (Å²) < 4.78 is 20.8. The molecular formula is C26H33FN4O2. The Morgan fingerprint density at radius 1 is 1.18 bits per heavy atom. The maximum absolute atomic E-state index is 13.4. The summed E-state index contributed by atoms with van der Waals surface area (Å²) in [6, 6.07) is 4.64. The molecule has 0 N–H and O–H groups in total. The van der Waals surface area contributed by atoms with Crippen molar-refractivity contribution >= 4 is 11.0 Å². The van der Waals surface area contributed by atoms with Crippen LogP contribution in [0.5, 0.6) is 0 Å². The van der Waals surface area contributed by atoms with Crippen LogP contribution in [0.3, 0.4) is 0 Å². The number of hydrogen-bond donors (Lipinski definition) is 0. The van der Waals surface area contributed by atoms with Gasteiger partial charge in [0, 0.05) is 47.6 Å². The Labute approximate surface area is 193 Å². The SMILES string of the molecule is CCCC1CCCn2c1nc(C)c(CCN1CCC(c3noc4cc(F)ccc34)CC1)c2=O. The predicted octanol–water partition coefficient (Wildman–Crippen LogP) is 4.93. The van der Waals surface area contributed by atoms with Gasteiger partial charge in [0.15, 0.2) is 5.58 Å². The van der Waals surface area contributed by atoms with Crippen molar-refractivity contribution in [1.82, 2.24) is 19.6 Å². The molecule has 0 aliphatic carbocycles. The number of hydrogen-bond acceptors (Lipinski definition) is 5. The van der Waals surface area contributed by atoms with Gasteiger partial charge in [-0.05, 0) is 70.7 Å². The minimum Gasteiger partial charge on any atom is -0.356 e. The molecule has 0 radical (unpaired) electrons. The molecule has 1 fully saturated rings. The van der Waals surface area contributed by atoms with Crippen LogP contribution >= 0.6 is 0 Å². The first-order valence-corrected chi connectivity index (χ1v) is 12.4. The van der Waals surface area contributed by atoms with Crippen LogP contribution in [-0.4, -0.2) is 39.2 Å². The second-order valence-electron chi connectivity index (χ2n) is 9.69. The maximum Gasteiger partial charge on any atom is 0.256 e. The van der Waals surface area contributed by atoms with E-state index in [0.717, 1.165) is 99.3 Å². The number of fused-ring (bicyclic) bond motifs is 2. The Morgan fingerprint density at radius 3 is 2.79 bits per heavy atom. The van der Waals surface area contributed by atoms with E-state index in [1.165, 1.54) is 12.1 Å². The van der Waals surface area contributed by atoms with Crippen LogP contribution in [-0.2, 0) is 13.0 Å². The summed E-state index contributed by atoms with van der Waals surface area (Å²) in [4.78, 5) is 20.6. The third kappa shape index (κ3) is 4.35. The molecule has 7 heteroatoms. The zero-order valence-electron chi connectivity index (χ0n) is 19.6. The molecule has 2 aromatic heterocycles. The second kappa shape index (κ2) is 9.37. The summed E-state index contributed by atoms with van der Waals surface area (Å²) in [6.07, 6.45) is 7.15. The molecule has 1 atom stereocenters. The number of likely N-dealkylation sites (tertiary alicyclic amines) is 1. The molecule has 0 bridgehead atoms. The average molecular weight is 453 g/mol. The molecule has 176 valence electrons. The number of halogens is 1. The fourth-order valence-electron chi connectivity index (χ4n) is 5.71. The van der Waals surface area contributed by atoms with Gasteiger partial charge in [-0.15, -0.1) is 0 Å². The molecule has 4 heterocycles. The lowest BCUT2D eigenvalue weighted by Gasteiger charge is -2.31. The first-order valence-electron chi connectivity index (χ1n) is 12.4. The van der Waals surface area contributed by atoms with Crippen molar-refractivity contribution in [2.75, 3.05) is 19.6 Å². The van der Waals surface area contributed by atoms with E-state index in [1.807, 2.05) is 11.5 Å². The van der Waals surface area contributed by atoms with Gasteiger partial charge in [0.25, 0.3) is 5.56 Å². The normalized spacial score (nSPS) is 19.8. The van der Waals surface area contributed by atoms with Gasteiger partial charge in [-0.2, -0.15) is 0 Å². The lowest BCUT2D eigenvalue weighted by molar-refractivity contribution is 0.211. The van der Waals surface area contributed by atoms with Crippen LogP contribution in [0.4, 0.5) is 4.39 Å². The van der Waals surface area contributed by atoms with Gasteiger partial charge in [0.05, 0.1) is 5.69 Å². The number of benzene rings is 1. The van der Waals surface area contributed by atoms with Crippen molar-refractivity contribution < 1.29 is 8.91 Å². The van der Waals surface area contributed by atoms with Crippen LogP contribution in [0.15, 0.2) is 27.5 Å². The molecule has 1 aromatic carbocycles. The van der Waals surface area contributed by atoms with Crippen molar-refractivity contribution in [3.05, 3.63) is 57.1 Å². The molecule has 0 amide bonds. The average Bonchev–Trinajstić information content (AvgIpc) is 3.23. The van der Waals surface area contributed by atoms with E-state index in [1.54, 1.807) is 6.07 Å². The van der Waals surface area contributed by atoms with E-state index in [4.69, 9.17) is 9.51 Å². The van der Waals surface area contributed by atoms with Crippen molar-refractivity contribution in [1.29, 1.82) is 0 Å². The van der Waals surface area contributed by atoms with Gasteiger partial charge >= 0.3 is 0 Å². The van der Waals surface area contributed by atoms with Crippen molar-refractivity contribution in [2.45, 2.75) is 77.2 Å². The molecule has 2 aliphatic heterocycles. The summed E-state index contributed by atoms with van der Waals surface area (Å²) in [7, 11) is 0. The summed E-state index contributed by atoms with van der Waals surface area (Å²) in [5.41, 5.74) is 3.42. The highest BCUT2D eigenvalue weighted by Crippen LogP contribution is 2.33. The fraction of sp³-hybridized carbons (Fsp3) is 0.577. The van der Waals surface area contributed by atoms with Gasteiger partial charge < -0.3 is 9.42 Å². The summed E-state index contributed by atoms with van der Waals surface area (Å²) in [5.74, 6) is 1.45. The van der Waals surface area contributed by atoms with Crippen LogP contribution in [0.1, 0.15) is 80.1 Å². The van der Waals surface area contributed by atoms with Gasteiger partial charge in [0.2, 0.25) is 0 Å². The Balaban J connectivity index is 1.24. The highest BCUT2D eigenvalue weighted by atomic mass is 19.1. The summed E-state index contributed by atoms with van der Waals surface area (Å²) >= 11 is 0. The monoisotopic (exact) mass is 452 g/mol. The van der Waals surface area contributed by atoms with E-state index in [2.05, 4.69) is 17.0 Å². The number of aryl methyl sites for hydroxylation is 1. The van der Waals surface area contributed by atoms with E-state index >= 15 is 0 Å². The third-order valence-corrected chi connectivity index (χ3v) is 7.55. The minimum absolute atomic E-state index is 0.175. The molecule has 2 aliphatic rings. The highest BCUT2D eigenvalue weighted by molar-refractivity contribution is 5.79. The van der Waals surface area contributed by atoms with Crippen LogP contribution in [0, 0.1) is 12.7 Å². The highest BCUT2D eigenvalue weighted by Gasteiger charge is 2.27. The van der Waals surface area contributed by atoms with Crippen molar-refractivity contribution in [3.8, 4) is 0 Å². The standard InChI is InChI=1S/C26H33FN4O2/c1-3-5-19-6-4-12-31-25(19)28-17(2)21(26(31)32)11-15-30-13-9-18(10-14-30)24-22-8-7-20(27)16-23(22)33-29-24/h7-8,16,18-19H,3-6,9-15H2,1-2H3. The molecule has 1 saturated heterocycles. The molecule has 3 aromatic rings. The second-order valence-corrected chi connectivity index (χ2v) is 9.69. The first-order chi connectivity index (χ1) is 16.0. The lowest BCUT2D eigenvalue weighted by atomic mass is 9.91. The first kappa shape index (κ1) is 22.3. The Bertz CT molecular complexity index is 1190. The molecule has 0 saturated carbocycles. The van der Waals surface area contributed by atoms with Crippen LogP contribution in [0.25, 0.3) is 11.0 Å². The van der Waals surface area contributed by atoms with E-state index in [-0.39, 0.29) is 11.4 Å². The van der Waals surface area contributed by atoms with E-state index < -0.39 is 0 Å².